The fourth-order valence-electron chi connectivity index (χ4n) is 2.71. The average Bonchev–Trinajstić information content (AvgIpc) is 2.86. The normalized spacial score (nSPS) is 18.0. The molecule has 2 aromatic rings. The summed E-state index contributed by atoms with van der Waals surface area (Å²) in [5.41, 5.74) is 0.0488. The number of nitrogens with zero attached hydrogens (tertiary/aromatic N) is 2. The van der Waals surface area contributed by atoms with Gasteiger partial charge in [0.25, 0.3) is 5.91 Å². The van der Waals surface area contributed by atoms with Crippen LogP contribution in [0.4, 0.5) is 10.2 Å². The third-order valence-corrected chi connectivity index (χ3v) is 3.93. The van der Waals surface area contributed by atoms with E-state index in [9.17, 15) is 9.18 Å². The van der Waals surface area contributed by atoms with Gasteiger partial charge in [-0.15, -0.1) is 0 Å². The molecule has 6 heteroatoms. The molecule has 1 atom stereocenters. The zero-order chi connectivity index (χ0) is 16.8. The maximum atomic E-state index is 13.6. The number of anilines is 1. The summed E-state index contributed by atoms with van der Waals surface area (Å²) in [6.07, 6.45) is 2.50. The highest BCUT2D eigenvalue weighted by atomic mass is 19.1. The lowest BCUT2D eigenvalue weighted by molar-refractivity contribution is 0.0638. The molecule has 1 aliphatic heterocycles. The molecular formula is C18H20FN3O2. The molecule has 24 heavy (non-hydrogen) atoms. The van der Waals surface area contributed by atoms with Gasteiger partial charge in [0.05, 0.1) is 11.7 Å². The van der Waals surface area contributed by atoms with Crippen molar-refractivity contribution in [3.8, 4) is 0 Å². The molecule has 1 N–H and O–H groups in total. The van der Waals surface area contributed by atoms with Crippen molar-refractivity contribution >= 4 is 11.7 Å². The van der Waals surface area contributed by atoms with Gasteiger partial charge in [0.2, 0.25) is 0 Å². The first-order chi connectivity index (χ1) is 11.7. The quantitative estimate of drug-likeness (QED) is 0.935. The summed E-state index contributed by atoms with van der Waals surface area (Å²) in [5, 5.41) is 2.76. The van der Waals surface area contributed by atoms with Crippen LogP contribution < -0.4 is 10.2 Å². The number of benzene rings is 1. The van der Waals surface area contributed by atoms with Gasteiger partial charge in [0.1, 0.15) is 11.6 Å². The van der Waals surface area contributed by atoms with E-state index in [0.717, 1.165) is 18.8 Å². The molecule has 126 valence electrons. The summed E-state index contributed by atoms with van der Waals surface area (Å²) in [6, 6.07) is 11.7. The number of rotatable bonds is 4. The highest BCUT2D eigenvalue weighted by molar-refractivity contribution is 5.94. The van der Waals surface area contributed by atoms with Crippen molar-refractivity contribution < 1.29 is 13.9 Å². The van der Waals surface area contributed by atoms with E-state index in [1.165, 1.54) is 12.1 Å². The van der Waals surface area contributed by atoms with Crippen molar-refractivity contribution in [2.45, 2.75) is 12.5 Å². The van der Waals surface area contributed by atoms with Crippen LogP contribution in [0.5, 0.6) is 0 Å². The molecule has 2 heterocycles. The lowest BCUT2D eigenvalue weighted by Crippen LogP contribution is -2.40. The Hall–Kier alpha value is -2.47. The van der Waals surface area contributed by atoms with Crippen molar-refractivity contribution in [2.75, 3.05) is 31.1 Å². The van der Waals surface area contributed by atoms with Crippen LogP contribution in [0.2, 0.25) is 0 Å². The number of hydrogen-bond acceptors (Lipinski definition) is 4. The molecule has 0 saturated carbocycles. The van der Waals surface area contributed by atoms with E-state index in [2.05, 4.69) is 15.2 Å². The molecule has 0 radical (unpaired) electrons. The number of carbonyl (C=O) groups excluding carboxylic acids is 1. The number of amides is 1. The van der Waals surface area contributed by atoms with Crippen LogP contribution in [0.1, 0.15) is 16.8 Å². The topological polar surface area (TPSA) is 54.5 Å². The minimum atomic E-state index is -0.521. The fourth-order valence-corrected chi connectivity index (χ4v) is 2.71. The van der Waals surface area contributed by atoms with E-state index in [-0.39, 0.29) is 11.7 Å². The summed E-state index contributed by atoms with van der Waals surface area (Å²) in [4.78, 5) is 18.6. The third kappa shape index (κ3) is 4.08. The molecule has 5 nitrogen and oxygen atoms in total. The van der Waals surface area contributed by atoms with Gasteiger partial charge in [-0.05, 0) is 30.7 Å². The monoisotopic (exact) mass is 329 g/mol. The first-order valence-corrected chi connectivity index (χ1v) is 8.04. The van der Waals surface area contributed by atoms with Gasteiger partial charge < -0.3 is 15.0 Å². The largest absolute Gasteiger partial charge is 0.374 e. The molecule has 1 saturated heterocycles. The van der Waals surface area contributed by atoms with E-state index in [1.54, 1.807) is 18.3 Å². The van der Waals surface area contributed by atoms with E-state index < -0.39 is 11.7 Å². The summed E-state index contributed by atoms with van der Waals surface area (Å²) in [5.74, 6) is -0.0503. The van der Waals surface area contributed by atoms with Crippen LogP contribution in [-0.4, -0.2) is 43.2 Å². The van der Waals surface area contributed by atoms with Gasteiger partial charge in [-0.2, -0.15) is 0 Å². The predicted molar refractivity (Wildman–Crippen MR) is 89.5 cm³/mol. The number of aromatic nitrogens is 1. The second kappa shape index (κ2) is 7.88. The second-order valence-corrected chi connectivity index (χ2v) is 5.67. The highest BCUT2D eigenvalue weighted by Crippen LogP contribution is 2.14. The van der Waals surface area contributed by atoms with E-state index in [1.807, 2.05) is 18.2 Å². The summed E-state index contributed by atoms with van der Waals surface area (Å²) >= 11 is 0. The maximum absolute atomic E-state index is 13.6. The number of carbonyl (C=O) groups is 1. The highest BCUT2D eigenvalue weighted by Gasteiger charge is 2.21. The molecule has 1 aromatic carbocycles. The van der Waals surface area contributed by atoms with Gasteiger partial charge in [-0.1, -0.05) is 18.2 Å². The Morgan fingerprint density at radius 2 is 2.12 bits per heavy atom. The molecule has 1 amide bonds. The molecule has 0 bridgehead atoms. The van der Waals surface area contributed by atoms with Gasteiger partial charge in [0, 0.05) is 32.4 Å². The van der Waals surface area contributed by atoms with Crippen molar-refractivity contribution in [3.05, 3.63) is 60.0 Å². The van der Waals surface area contributed by atoms with Crippen molar-refractivity contribution in [1.29, 1.82) is 0 Å². The van der Waals surface area contributed by atoms with Crippen molar-refractivity contribution in [1.82, 2.24) is 10.3 Å². The average molecular weight is 329 g/mol. The number of hydrogen-bond donors (Lipinski definition) is 1. The molecule has 1 aliphatic rings. The first kappa shape index (κ1) is 16.4. The van der Waals surface area contributed by atoms with Crippen LogP contribution in [0.3, 0.4) is 0 Å². The number of nitrogens with one attached hydrogen (secondary N) is 1. The number of ether oxygens (including phenoxy) is 1. The fraction of sp³-hybridized carbons (Fsp3) is 0.333. The molecular weight excluding hydrogens is 309 g/mol. The molecule has 0 spiro atoms. The Morgan fingerprint density at radius 3 is 2.92 bits per heavy atom. The van der Waals surface area contributed by atoms with Crippen LogP contribution in [-0.2, 0) is 4.74 Å². The van der Waals surface area contributed by atoms with Crippen LogP contribution in [0.25, 0.3) is 0 Å². The van der Waals surface area contributed by atoms with Gasteiger partial charge >= 0.3 is 0 Å². The SMILES string of the molecule is O=C(NCC1CN(c2ccccn2)CCCO1)c1ccccc1F. The summed E-state index contributed by atoms with van der Waals surface area (Å²) in [7, 11) is 0. The number of halogens is 1. The lowest BCUT2D eigenvalue weighted by atomic mass is 10.2. The molecule has 3 rings (SSSR count). The summed E-state index contributed by atoms with van der Waals surface area (Å²) in [6.45, 7) is 2.45. The Morgan fingerprint density at radius 1 is 1.29 bits per heavy atom. The first-order valence-electron chi connectivity index (χ1n) is 8.04. The Labute approximate surface area is 140 Å². The van der Waals surface area contributed by atoms with Gasteiger partial charge in [0.15, 0.2) is 0 Å². The van der Waals surface area contributed by atoms with E-state index >= 15 is 0 Å². The van der Waals surface area contributed by atoms with E-state index in [0.29, 0.717) is 19.7 Å². The minimum absolute atomic E-state index is 0.0488. The molecule has 1 fully saturated rings. The van der Waals surface area contributed by atoms with Crippen molar-refractivity contribution in [3.63, 3.8) is 0 Å². The predicted octanol–water partition coefficient (Wildman–Crippen LogP) is 2.25. The Bertz CT molecular complexity index is 681. The second-order valence-electron chi connectivity index (χ2n) is 5.67. The molecule has 1 unspecified atom stereocenters. The van der Waals surface area contributed by atoms with Crippen LogP contribution >= 0.6 is 0 Å². The number of pyridine rings is 1. The Balaban J connectivity index is 1.60. The standard InChI is InChI=1S/C18H20FN3O2/c19-16-7-2-1-6-15(16)18(23)21-12-14-13-22(10-5-11-24-14)17-8-3-4-9-20-17/h1-4,6-9,14H,5,10-13H2,(H,21,23). The van der Waals surface area contributed by atoms with Gasteiger partial charge in [-0.3, -0.25) is 4.79 Å². The van der Waals surface area contributed by atoms with Crippen molar-refractivity contribution in [2.24, 2.45) is 0 Å². The smallest absolute Gasteiger partial charge is 0.254 e. The van der Waals surface area contributed by atoms with Crippen LogP contribution in [0.15, 0.2) is 48.7 Å². The third-order valence-electron chi connectivity index (χ3n) is 3.93. The minimum Gasteiger partial charge on any atom is -0.374 e. The van der Waals surface area contributed by atoms with Gasteiger partial charge in [-0.25, -0.2) is 9.37 Å². The Kier molecular flexibility index (Phi) is 5.38. The summed E-state index contributed by atoms with van der Waals surface area (Å²) < 4.78 is 19.4. The molecule has 0 aliphatic carbocycles. The van der Waals surface area contributed by atoms with E-state index in [4.69, 9.17) is 4.74 Å². The maximum Gasteiger partial charge on any atom is 0.254 e. The zero-order valence-electron chi connectivity index (χ0n) is 13.3. The zero-order valence-corrected chi connectivity index (χ0v) is 13.3. The van der Waals surface area contributed by atoms with Crippen LogP contribution in [0, 0.1) is 5.82 Å². The molecule has 1 aromatic heterocycles. The lowest BCUT2D eigenvalue weighted by Gasteiger charge is -2.25.